The lowest BCUT2D eigenvalue weighted by Crippen LogP contribution is -2.23. The number of hydrogen-bond donors (Lipinski definition) is 8. The van der Waals surface area contributed by atoms with Gasteiger partial charge in [-0.1, -0.05) is 60.7 Å². The maximum Gasteiger partial charge on any atom is 0.255 e. The normalized spacial score (nSPS) is 11.1. The van der Waals surface area contributed by atoms with E-state index >= 15 is 0 Å². The van der Waals surface area contributed by atoms with Crippen molar-refractivity contribution in [2.45, 2.75) is 26.2 Å². The molecule has 16 aromatic rings. The summed E-state index contributed by atoms with van der Waals surface area (Å²) in [4.78, 5) is 63.4. The van der Waals surface area contributed by atoms with E-state index in [2.05, 4.69) is 77.0 Å². The molecule has 0 saturated carbocycles. The zero-order chi connectivity index (χ0) is 88.6. The lowest BCUT2D eigenvalue weighted by Gasteiger charge is -2.11. The summed E-state index contributed by atoms with van der Waals surface area (Å²) in [6.07, 6.45) is 22.0. The number of aromatic amines is 4. The summed E-state index contributed by atoms with van der Waals surface area (Å²) >= 11 is 1.58. The van der Waals surface area contributed by atoms with Crippen LogP contribution in [0.2, 0.25) is 0 Å². The Bertz CT molecular complexity index is 6260. The number of thiophene rings is 1. The van der Waals surface area contributed by atoms with Crippen LogP contribution in [0, 0.1) is 23.3 Å². The minimum absolute atomic E-state index is 0.147. The minimum atomic E-state index is -0.457. The first-order valence-corrected chi connectivity index (χ1v) is 39.4. The molecule has 16 rings (SSSR count). The van der Waals surface area contributed by atoms with Gasteiger partial charge in [-0.3, -0.25) is 49.5 Å². The first kappa shape index (κ1) is 87.6. The quantitative estimate of drug-likeness (QED) is 0.0211. The number of pyridine rings is 2. The molecule has 33 heteroatoms. The molecular formula is C93H81F4N15O13S. The van der Waals surface area contributed by atoms with Crippen LogP contribution in [0.15, 0.2) is 204 Å². The number of H-pyrrole nitrogens is 4. The van der Waals surface area contributed by atoms with Crippen LogP contribution in [-0.2, 0) is 26.2 Å². The smallest absolute Gasteiger partial charge is 0.255 e. The third-order valence-corrected chi connectivity index (χ3v) is 20.1. The molecule has 0 saturated heterocycles. The molecule has 0 aliphatic carbocycles. The van der Waals surface area contributed by atoms with E-state index in [0.29, 0.717) is 159 Å². The summed E-state index contributed by atoms with van der Waals surface area (Å²) in [5, 5.41) is 46.9. The number of aromatic nitrogens is 11. The number of benzene rings is 8. The van der Waals surface area contributed by atoms with Gasteiger partial charge in [-0.2, -0.15) is 31.7 Å². The van der Waals surface area contributed by atoms with E-state index in [1.54, 1.807) is 176 Å². The molecule has 0 spiro atoms. The number of nitrogens with zero attached hydrogens (tertiary/aromatic N) is 7. The van der Waals surface area contributed by atoms with Crippen molar-refractivity contribution in [1.82, 2.24) is 77.0 Å². The largest absolute Gasteiger partial charge is 0.495 e. The van der Waals surface area contributed by atoms with Crippen LogP contribution in [0.5, 0.6) is 46.0 Å². The van der Waals surface area contributed by atoms with Crippen LogP contribution in [0.3, 0.4) is 0 Å². The van der Waals surface area contributed by atoms with E-state index in [9.17, 15) is 36.7 Å². The van der Waals surface area contributed by atoms with Crippen LogP contribution in [0.1, 0.15) is 109 Å². The van der Waals surface area contributed by atoms with Crippen molar-refractivity contribution in [3.8, 4) is 46.0 Å². The van der Waals surface area contributed by atoms with Gasteiger partial charge in [0.25, 0.3) is 23.6 Å². The second-order valence-electron chi connectivity index (χ2n) is 27.1. The Balaban J connectivity index is 0.000000144. The van der Waals surface area contributed by atoms with Gasteiger partial charge >= 0.3 is 0 Å². The summed E-state index contributed by atoms with van der Waals surface area (Å²) < 4.78 is 103. The van der Waals surface area contributed by atoms with E-state index < -0.39 is 23.3 Å². The van der Waals surface area contributed by atoms with Crippen LogP contribution in [0.25, 0.3) is 92.2 Å². The Morgan fingerprint density at radius 1 is 0.373 bits per heavy atom. The van der Waals surface area contributed by atoms with Gasteiger partial charge in [-0.05, 0) is 190 Å². The number of ether oxygens (including phenoxy) is 8. The van der Waals surface area contributed by atoms with Gasteiger partial charge in [0.15, 0.2) is 46.3 Å². The van der Waals surface area contributed by atoms with Crippen LogP contribution < -0.4 is 59.2 Å². The highest BCUT2D eigenvalue weighted by atomic mass is 32.1. The van der Waals surface area contributed by atoms with E-state index in [4.69, 9.17) is 42.3 Å². The average molecular weight is 1720 g/mol. The maximum atomic E-state index is 14.0. The zero-order valence-corrected chi connectivity index (χ0v) is 69.7. The van der Waals surface area contributed by atoms with Gasteiger partial charge in [0, 0.05) is 31.7 Å². The molecule has 8 heterocycles. The monoisotopic (exact) mass is 1720 g/mol. The average Bonchev–Trinajstić information content (AvgIpc) is 1.61. The zero-order valence-electron chi connectivity index (χ0n) is 68.9. The lowest BCUT2D eigenvalue weighted by molar-refractivity contribution is 0.0937. The second kappa shape index (κ2) is 41.9. The highest BCUT2D eigenvalue weighted by Gasteiger charge is 2.25. The number of carbonyl (C=O) groups is 4. The molecule has 4 amide bonds. The number of fused-ring (bicyclic) bond motifs is 4. The molecule has 28 nitrogen and oxygen atoms in total. The van der Waals surface area contributed by atoms with Crippen LogP contribution in [0.4, 0.5) is 17.6 Å². The topological polar surface area (TPSA) is 357 Å². The van der Waals surface area contributed by atoms with E-state index in [-0.39, 0.29) is 53.2 Å². The van der Waals surface area contributed by atoms with Crippen molar-refractivity contribution in [2.24, 2.45) is 0 Å². The van der Waals surface area contributed by atoms with Crippen molar-refractivity contribution < 1.29 is 79.1 Å². The number of amides is 4. The third-order valence-electron chi connectivity index (χ3n) is 19.3. The standard InChI is InChI=1S/2C24H21FN4O3.C23H20FN3O3S.C22H19FN4O4/c1-31-21-10-6-15(12-18(21)25)5-8-19-22-20(29-28-19)9-7-17(23(22)32-2)24(30)27-14-16-4-3-11-26-13-16;1-31-21-11-7-15(13-18(21)25)6-9-19-22-20(29-28-19)10-8-17(23(22)32-2)24(30)27-14-16-5-3-4-12-26-16;1-29-20-8-4-14(11-17(20)24)3-6-18-21-19(27-26-18)7-5-16(22(21)30-2)23(28)25-12-15-9-10-31-13-15;1-29-18-8-4-13(11-15(18)23)3-6-16-20-17(27-26-16)7-5-14(21(20)30-2)22(28)25-12-19-24-9-10-31-19/h2*3-13H,14H2,1-2H3,(H,27,30)(H,28,29);3-11,13H,12H2,1-2H3,(H,25,28)(H,26,27);3-11H,12H2,1-2H3,(H,25,28)(H,26,27)/b8-5+;9-6+;2*6-3+. The molecular weight excluding hydrogens is 1640 g/mol. The predicted octanol–water partition coefficient (Wildman–Crippen LogP) is 17.1. The molecule has 640 valence electrons. The van der Waals surface area contributed by atoms with Gasteiger partial charge in [0.05, 0.1) is 170 Å². The van der Waals surface area contributed by atoms with E-state index in [1.165, 1.54) is 93.6 Å². The number of rotatable bonds is 28. The number of nitrogens with one attached hydrogen (secondary N) is 8. The summed E-state index contributed by atoms with van der Waals surface area (Å²) in [5.74, 6) is -0.239. The Morgan fingerprint density at radius 3 is 1.04 bits per heavy atom. The highest BCUT2D eigenvalue weighted by molar-refractivity contribution is 7.08. The van der Waals surface area contributed by atoms with Crippen LogP contribution in [-0.4, -0.2) is 136 Å². The van der Waals surface area contributed by atoms with Crippen molar-refractivity contribution >= 4 is 127 Å². The van der Waals surface area contributed by atoms with Gasteiger partial charge in [0.1, 0.15) is 29.3 Å². The molecule has 126 heavy (non-hydrogen) atoms. The number of hydrogen-bond acceptors (Lipinski definition) is 21. The molecule has 0 unspecified atom stereocenters. The fraction of sp³-hybridized carbons (Fsp3) is 0.129. The van der Waals surface area contributed by atoms with Gasteiger partial charge in [0.2, 0.25) is 5.89 Å². The summed E-state index contributed by atoms with van der Waals surface area (Å²) in [5.41, 5.74) is 11.9. The first-order valence-electron chi connectivity index (χ1n) is 38.5. The first-order chi connectivity index (χ1) is 61.4. The Kier molecular flexibility index (Phi) is 29.1. The molecule has 0 bridgehead atoms. The molecule has 0 aliphatic rings. The lowest BCUT2D eigenvalue weighted by atomic mass is 10.1. The van der Waals surface area contributed by atoms with Crippen molar-refractivity contribution in [1.29, 1.82) is 0 Å². The van der Waals surface area contributed by atoms with Crippen LogP contribution >= 0.6 is 11.3 Å². The van der Waals surface area contributed by atoms with Crippen molar-refractivity contribution in [2.75, 3.05) is 56.9 Å². The maximum absolute atomic E-state index is 14.0. The minimum Gasteiger partial charge on any atom is -0.495 e. The summed E-state index contributed by atoms with van der Waals surface area (Å²) in [6, 6.07) is 43.5. The number of methoxy groups -OCH3 is 8. The number of oxazole rings is 1. The molecule has 8 N–H and O–H groups in total. The van der Waals surface area contributed by atoms with Crippen molar-refractivity contribution in [3.63, 3.8) is 0 Å². The van der Waals surface area contributed by atoms with Crippen molar-refractivity contribution in [3.05, 3.63) is 313 Å². The van der Waals surface area contributed by atoms with E-state index in [0.717, 1.165) is 16.8 Å². The van der Waals surface area contributed by atoms with Gasteiger partial charge < -0.3 is 63.6 Å². The number of carbonyl (C=O) groups excluding carboxylic acids is 4. The molecule has 0 fully saturated rings. The molecule has 8 aromatic carbocycles. The van der Waals surface area contributed by atoms with Gasteiger partial charge in [-0.25, -0.2) is 22.5 Å². The number of halogens is 4. The molecule has 0 aliphatic heterocycles. The Labute approximate surface area is 721 Å². The predicted molar refractivity (Wildman–Crippen MR) is 472 cm³/mol. The van der Waals surface area contributed by atoms with Gasteiger partial charge in [-0.15, -0.1) is 0 Å². The fourth-order valence-corrected chi connectivity index (χ4v) is 13.8. The molecule has 0 atom stereocenters. The molecule has 0 radical (unpaired) electrons. The second-order valence-corrected chi connectivity index (χ2v) is 27.9. The Morgan fingerprint density at radius 2 is 0.738 bits per heavy atom. The fourth-order valence-electron chi connectivity index (χ4n) is 13.1. The Hall–Kier alpha value is -16.2. The SMILES string of the molecule is COc1ccc(/C=C/c2[nH]nc3ccc(C(=O)NCc4ccccn4)c(OC)c23)cc1F.COc1ccc(/C=C/c2[nH]nc3ccc(C(=O)NCc4cccnc4)c(OC)c23)cc1F.COc1ccc(/C=C/c2[nH]nc3ccc(C(=O)NCc4ccsc4)c(OC)c23)cc1F.COc1ccc(/C=C/c2[nH]nc3ccc(C(=O)NCc4ncco4)c(OC)c23)cc1F. The molecule has 8 aromatic heterocycles. The summed E-state index contributed by atoms with van der Waals surface area (Å²) in [7, 11) is 11.7. The third kappa shape index (κ3) is 21.0. The summed E-state index contributed by atoms with van der Waals surface area (Å²) in [6.45, 7) is 1.22. The highest BCUT2D eigenvalue weighted by Crippen LogP contribution is 2.38. The van der Waals surface area contributed by atoms with E-state index in [1.807, 2.05) is 47.2 Å².